The van der Waals surface area contributed by atoms with Gasteiger partial charge in [-0.3, -0.25) is 0 Å². The first kappa shape index (κ1) is 12.4. The zero-order chi connectivity index (χ0) is 12.3. The Hall–Kier alpha value is -1.05. The van der Waals surface area contributed by atoms with Crippen LogP contribution in [-0.2, 0) is 0 Å². The number of benzene rings is 1. The third-order valence-electron chi connectivity index (χ3n) is 3.47. The molecule has 1 nitrogen and oxygen atoms in total. The van der Waals surface area contributed by atoms with Crippen molar-refractivity contribution in [2.24, 2.45) is 0 Å². The van der Waals surface area contributed by atoms with Gasteiger partial charge in [-0.2, -0.15) is 0 Å². The van der Waals surface area contributed by atoms with Gasteiger partial charge in [0.05, 0.1) is 6.10 Å². The summed E-state index contributed by atoms with van der Waals surface area (Å²) in [4.78, 5) is 0. The average molecular weight is 236 g/mol. The van der Waals surface area contributed by atoms with Crippen LogP contribution in [0.15, 0.2) is 18.2 Å². The smallest absolute Gasteiger partial charge is 0.165 e. The van der Waals surface area contributed by atoms with Crippen LogP contribution in [0.5, 0.6) is 5.75 Å². The maximum Gasteiger partial charge on any atom is 0.165 e. The summed E-state index contributed by atoms with van der Waals surface area (Å²) in [6.07, 6.45) is 6.03. The van der Waals surface area contributed by atoms with E-state index in [1.54, 1.807) is 0 Å². The van der Waals surface area contributed by atoms with E-state index < -0.39 is 0 Å². The Morgan fingerprint density at radius 3 is 2.53 bits per heavy atom. The lowest BCUT2D eigenvalue weighted by Crippen LogP contribution is -2.20. The van der Waals surface area contributed by atoms with Gasteiger partial charge in [0.25, 0.3) is 0 Å². The molecular weight excluding hydrogens is 215 g/mol. The number of hydrogen-bond donors (Lipinski definition) is 0. The normalized spacial score (nSPS) is 17.4. The first-order valence-electron chi connectivity index (χ1n) is 6.63. The standard InChI is InChI=1S/C15H21FO/c1-11(2)12-8-9-14(16)15(10-12)17-13-6-4-3-5-7-13/h8-11,13H,3-7H2,1-2H3. The predicted molar refractivity (Wildman–Crippen MR) is 68.0 cm³/mol. The number of ether oxygens (including phenoxy) is 1. The highest BCUT2D eigenvalue weighted by Gasteiger charge is 2.17. The van der Waals surface area contributed by atoms with Gasteiger partial charge in [0.1, 0.15) is 0 Å². The Balaban J connectivity index is 2.10. The molecule has 94 valence electrons. The molecule has 0 unspecified atom stereocenters. The van der Waals surface area contributed by atoms with E-state index in [-0.39, 0.29) is 11.9 Å². The maximum atomic E-state index is 13.7. The molecular formula is C15H21FO. The molecule has 0 atom stereocenters. The van der Waals surface area contributed by atoms with Crippen LogP contribution in [0.3, 0.4) is 0 Å². The van der Waals surface area contributed by atoms with E-state index in [1.165, 1.54) is 25.3 Å². The quantitative estimate of drug-likeness (QED) is 0.741. The van der Waals surface area contributed by atoms with Gasteiger partial charge in [-0.1, -0.05) is 26.3 Å². The summed E-state index contributed by atoms with van der Waals surface area (Å²) in [5.74, 6) is 0.604. The fraction of sp³-hybridized carbons (Fsp3) is 0.600. The van der Waals surface area contributed by atoms with Crippen molar-refractivity contribution in [1.29, 1.82) is 0 Å². The molecule has 2 rings (SSSR count). The van der Waals surface area contributed by atoms with Gasteiger partial charge in [0.2, 0.25) is 0 Å². The summed E-state index contributed by atoms with van der Waals surface area (Å²) in [7, 11) is 0. The van der Waals surface area contributed by atoms with E-state index in [4.69, 9.17) is 4.74 Å². The minimum absolute atomic E-state index is 0.209. The summed E-state index contributed by atoms with van der Waals surface area (Å²) in [5, 5.41) is 0. The highest BCUT2D eigenvalue weighted by Crippen LogP contribution is 2.28. The van der Waals surface area contributed by atoms with Gasteiger partial charge in [-0.25, -0.2) is 4.39 Å². The Kier molecular flexibility index (Phi) is 4.03. The minimum Gasteiger partial charge on any atom is -0.487 e. The second kappa shape index (κ2) is 5.52. The molecule has 0 spiro atoms. The zero-order valence-electron chi connectivity index (χ0n) is 10.7. The Labute approximate surface area is 103 Å². The number of rotatable bonds is 3. The van der Waals surface area contributed by atoms with Gasteiger partial charge < -0.3 is 4.74 Å². The Bertz CT molecular complexity index is 367. The lowest BCUT2D eigenvalue weighted by molar-refractivity contribution is 0.148. The van der Waals surface area contributed by atoms with Gasteiger partial charge in [-0.05, 0) is 49.3 Å². The van der Waals surface area contributed by atoms with E-state index >= 15 is 0 Å². The SMILES string of the molecule is CC(C)c1ccc(F)c(OC2CCCCC2)c1. The van der Waals surface area contributed by atoms with Crippen LogP contribution in [0.2, 0.25) is 0 Å². The van der Waals surface area contributed by atoms with Gasteiger partial charge in [-0.15, -0.1) is 0 Å². The van der Waals surface area contributed by atoms with Crippen molar-refractivity contribution >= 4 is 0 Å². The maximum absolute atomic E-state index is 13.7. The van der Waals surface area contributed by atoms with E-state index in [0.29, 0.717) is 11.7 Å². The molecule has 0 heterocycles. The lowest BCUT2D eigenvalue weighted by Gasteiger charge is -2.23. The van der Waals surface area contributed by atoms with E-state index in [9.17, 15) is 4.39 Å². The van der Waals surface area contributed by atoms with Crippen molar-refractivity contribution in [2.45, 2.75) is 58.0 Å². The van der Waals surface area contributed by atoms with Crippen LogP contribution in [-0.4, -0.2) is 6.10 Å². The van der Waals surface area contributed by atoms with Gasteiger partial charge in [0.15, 0.2) is 11.6 Å². The molecule has 1 aliphatic carbocycles. The first-order chi connectivity index (χ1) is 8.16. The summed E-state index contributed by atoms with van der Waals surface area (Å²) in [5.41, 5.74) is 1.14. The molecule has 0 aromatic heterocycles. The molecule has 0 radical (unpaired) electrons. The van der Waals surface area contributed by atoms with Gasteiger partial charge in [0, 0.05) is 0 Å². The Morgan fingerprint density at radius 2 is 1.88 bits per heavy atom. The molecule has 0 bridgehead atoms. The largest absolute Gasteiger partial charge is 0.487 e. The van der Waals surface area contributed by atoms with E-state index in [1.807, 2.05) is 12.1 Å². The molecule has 1 fully saturated rings. The molecule has 1 saturated carbocycles. The van der Waals surface area contributed by atoms with E-state index in [2.05, 4.69) is 13.8 Å². The van der Waals surface area contributed by atoms with Crippen LogP contribution < -0.4 is 4.74 Å². The molecule has 0 N–H and O–H groups in total. The minimum atomic E-state index is -0.236. The van der Waals surface area contributed by atoms with Crippen LogP contribution >= 0.6 is 0 Å². The second-order valence-electron chi connectivity index (χ2n) is 5.22. The lowest BCUT2D eigenvalue weighted by atomic mass is 9.97. The highest BCUT2D eigenvalue weighted by molar-refractivity contribution is 5.32. The molecule has 2 heteroatoms. The molecule has 0 aliphatic heterocycles. The fourth-order valence-electron chi connectivity index (χ4n) is 2.33. The van der Waals surface area contributed by atoms with Crippen molar-refractivity contribution in [1.82, 2.24) is 0 Å². The second-order valence-corrected chi connectivity index (χ2v) is 5.22. The topological polar surface area (TPSA) is 9.23 Å². The molecule has 0 saturated heterocycles. The summed E-state index contributed by atoms with van der Waals surface area (Å²) < 4.78 is 19.5. The third-order valence-corrected chi connectivity index (χ3v) is 3.47. The van der Waals surface area contributed by atoms with Crippen molar-refractivity contribution in [3.63, 3.8) is 0 Å². The molecule has 1 aromatic rings. The number of hydrogen-bond acceptors (Lipinski definition) is 1. The third kappa shape index (κ3) is 3.21. The van der Waals surface area contributed by atoms with E-state index in [0.717, 1.165) is 18.4 Å². The van der Waals surface area contributed by atoms with Crippen LogP contribution in [0.1, 0.15) is 57.4 Å². The number of halogens is 1. The predicted octanol–water partition coefficient (Wildman–Crippen LogP) is 4.66. The first-order valence-corrected chi connectivity index (χ1v) is 6.63. The average Bonchev–Trinajstić information content (AvgIpc) is 2.33. The molecule has 1 aromatic carbocycles. The zero-order valence-corrected chi connectivity index (χ0v) is 10.7. The molecule has 17 heavy (non-hydrogen) atoms. The van der Waals surface area contributed by atoms with Crippen molar-refractivity contribution in [3.05, 3.63) is 29.6 Å². The monoisotopic (exact) mass is 236 g/mol. The van der Waals surface area contributed by atoms with Gasteiger partial charge >= 0.3 is 0 Å². The fourth-order valence-corrected chi connectivity index (χ4v) is 2.33. The van der Waals surface area contributed by atoms with Crippen LogP contribution in [0.4, 0.5) is 4.39 Å². The Morgan fingerprint density at radius 1 is 1.18 bits per heavy atom. The summed E-state index contributed by atoms with van der Waals surface area (Å²) in [6, 6.07) is 5.22. The molecule has 0 amide bonds. The summed E-state index contributed by atoms with van der Waals surface area (Å²) in [6.45, 7) is 4.22. The van der Waals surface area contributed by atoms with Crippen molar-refractivity contribution in [3.8, 4) is 5.75 Å². The summed E-state index contributed by atoms with van der Waals surface area (Å²) >= 11 is 0. The molecule has 1 aliphatic rings. The van der Waals surface area contributed by atoms with Crippen molar-refractivity contribution < 1.29 is 9.13 Å². The van der Waals surface area contributed by atoms with Crippen molar-refractivity contribution in [2.75, 3.05) is 0 Å². The highest BCUT2D eigenvalue weighted by atomic mass is 19.1. The van der Waals surface area contributed by atoms with Crippen LogP contribution in [0.25, 0.3) is 0 Å². The van der Waals surface area contributed by atoms with Crippen LogP contribution in [0, 0.1) is 5.82 Å².